The molecule has 12 heteroatoms. The van der Waals surface area contributed by atoms with E-state index in [1.807, 2.05) is 6.92 Å². The topological polar surface area (TPSA) is 139 Å². The van der Waals surface area contributed by atoms with Crippen molar-refractivity contribution in [2.24, 2.45) is 4.99 Å². The molecule has 228 valence electrons. The first-order valence-electron chi connectivity index (χ1n) is 13.7. The molecule has 5 rings (SSSR count). The Morgan fingerprint density at radius 2 is 1.86 bits per heavy atom. The lowest BCUT2D eigenvalue weighted by Crippen LogP contribution is -2.40. The number of carbonyl (C=O) groups excluding carboxylic acids is 1. The molecule has 4 aromatic rings. The summed E-state index contributed by atoms with van der Waals surface area (Å²) in [6.07, 6.45) is 1.61. The highest BCUT2D eigenvalue weighted by atomic mass is 32.1. The van der Waals surface area contributed by atoms with Crippen LogP contribution in [-0.4, -0.2) is 55.7 Å². The van der Waals surface area contributed by atoms with Gasteiger partial charge in [0.2, 0.25) is 0 Å². The monoisotopic (exact) mass is 618 g/mol. The molecule has 0 bridgehead atoms. The second-order valence-corrected chi connectivity index (χ2v) is 10.6. The summed E-state index contributed by atoms with van der Waals surface area (Å²) in [4.78, 5) is 43.7. The molecule has 2 aromatic carbocycles. The number of aromatic nitrogens is 1. The van der Waals surface area contributed by atoms with Crippen LogP contribution in [0.15, 0.2) is 80.1 Å². The number of ether oxygens (including phenoxy) is 4. The number of hydrogen-bond donors (Lipinski definition) is 1. The van der Waals surface area contributed by atoms with Gasteiger partial charge in [-0.05, 0) is 44.2 Å². The van der Waals surface area contributed by atoms with Gasteiger partial charge in [-0.2, -0.15) is 0 Å². The first-order valence-corrected chi connectivity index (χ1v) is 14.5. The van der Waals surface area contributed by atoms with Crippen LogP contribution in [0.2, 0.25) is 0 Å². The third-order valence-electron chi connectivity index (χ3n) is 6.89. The van der Waals surface area contributed by atoms with Gasteiger partial charge in [0.05, 0.1) is 41.7 Å². The summed E-state index contributed by atoms with van der Waals surface area (Å²) in [6, 6.07) is 14.1. The Bertz CT molecular complexity index is 1920. The fourth-order valence-electron chi connectivity index (χ4n) is 4.87. The average molecular weight is 619 g/mol. The van der Waals surface area contributed by atoms with Crippen molar-refractivity contribution in [1.29, 1.82) is 0 Å². The van der Waals surface area contributed by atoms with E-state index in [1.165, 1.54) is 30.9 Å². The van der Waals surface area contributed by atoms with E-state index in [0.717, 1.165) is 11.3 Å². The van der Waals surface area contributed by atoms with Crippen molar-refractivity contribution in [2.45, 2.75) is 19.9 Å². The number of hydrogen-bond acceptors (Lipinski definition) is 10. The molecular weight excluding hydrogens is 588 g/mol. The van der Waals surface area contributed by atoms with Gasteiger partial charge in [-0.1, -0.05) is 35.6 Å². The Hall–Kier alpha value is -4.94. The third-order valence-corrected chi connectivity index (χ3v) is 7.87. The number of carboxylic acids is 1. The highest BCUT2D eigenvalue weighted by molar-refractivity contribution is 7.07. The maximum Gasteiger partial charge on any atom is 0.338 e. The van der Waals surface area contributed by atoms with Gasteiger partial charge in [0, 0.05) is 24.3 Å². The van der Waals surface area contributed by atoms with E-state index in [0.29, 0.717) is 55.8 Å². The summed E-state index contributed by atoms with van der Waals surface area (Å²) >= 11 is 1.16. The Balaban J connectivity index is 1.63. The highest BCUT2D eigenvalue weighted by Gasteiger charge is 2.36. The number of esters is 1. The fraction of sp³-hybridized carbons (Fsp3) is 0.250. The lowest BCUT2D eigenvalue weighted by molar-refractivity contribution is -0.140. The van der Waals surface area contributed by atoms with E-state index >= 15 is 0 Å². The standard InChI is InChI=1S/C32H30N2O9S/c1-5-41-28-22(7-6-8-24(28)40-4)27-26(31(38)42-16-15-39-3)18(2)33-32-34(27)29(35)25(44-32)17-21-13-14-23(43-21)19-9-11-20(12-10-19)30(36)37/h6-14,17,27H,5,15-16H2,1-4H3,(H,36,37)/b25-17+/t27-/m0/s1. The SMILES string of the molecule is CCOc1c(OC)cccc1[C@H]1C(C(=O)OCCOC)=C(C)N=c2s/c(=C/c3ccc(-c4ccc(C(=O)O)cc4)o3)c(=O)n21. The first-order chi connectivity index (χ1) is 21.3. The predicted octanol–water partition coefficient (Wildman–Crippen LogP) is 3.79. The minimum absolute atomic E-state index is 0.0273. The van der Waals surface area contributed by atoms with Crippen LogP contribution in [-0.2, 0) is 14.3 Å². The molecule has 1 aliphatic heterocycles. The van der Waals surface area contributed by atoms with Gasteiger partial charge >= 0.3 is 11.9 Å². The van der Waals surface area contributed by atoms with Crippen molar-refractivity contribution < 1.29 is 38.1 Å². The second kappa shape index (κ2) is 13.1. The fourth-order valence-corrected chi connectivity index (χ4v) is 5.90. The zero-order chi connectivity index (χ0) is 31.4. The molecular formula is C32H30N2O9S. The van der Waals surface area contributed by atoms with Crippen LogP contribution in [0, 0.1) is 0 Å². The van der Waals surface area contributed by atoms with Gasteiger partial charge in [0.1, 0.15) is 24.2 Å². The first kappa shape index (κ1) is 30.5. The van der Waals surface area contributed by atoms with Crippen LogP contribution in [0.1, 0.15) is 41.6 Å². The Labute approximate surface area is 255 Å². The van der Waals surface area contributed by atoms with Crippen molar-refractivity contribution in [2.75, 3.05) is 34.0 Å². The quantitative estimate of drug-likeness (QED) is 0.197. The summed E-state index contributed by atoms with van der Waals surface area (Å²) in [7, 11) is 3.03. The number of aromatic carboxylic acids is 1. The van der Waals surface area contributed by atoms with Crippen molar-refractivity contribution in [3.63, 3.8) is 0 Å². The number of benzene rings is 2. The molecule has 0 spiro atoms. The minimum atomic E-state index is -1.02. The smallest absolute Gasteiger partial charge is 0.338 e. The summed E-state index contributed by atoms with van der Waals surface area (Å²) in [6.45, 7) is 4.10. The molecule has 0 aliphatic carbocycles. The molecule has 0 amide bonds. The summed E-state index contributed by atoms with van der Waals surface area (Å²) in [5.74, 6) is 0.127. The molecule has 0 fully saturated rings. The Morgan fingerprint density at radius 3 is 2.55 bits per heavy atom. The number of furan rings is 1. The van der Waals surface area contributed by atoms with Gasteiger partial charge in [-0.25, -0.2) is 14.6 Å². The lowest BCUT2D eigenvalue weighted by Gasteiger charge is -2.27. The van der Waals surface area contributed by atoms with Gasteiger partial charge in [0.15, 0.2) is 16.3 Å². The van der Waals surface area contributed by atoms with Crippen molar-refractivity contribution in [3.05, 3.63) is 102 Å². The van der Waals surface area contributed by atoms with Crippen LogP contribution >= 0.6 is 11.3 Å². The molecule has 44 heavy (non-hydrogen) atoms. The summed E-state index contributed by atoms with van der Waals surface area (Å²) < 4.78 is 29.9. The van der Waals surface area contributed by atoms with Crippen molar-refractivity contribution in [1.82, 2.24) is 4.57 Å². The minimum Gasteiger partial charge on any atom is -0.493 e. The number of allylic oxidation sites excluding steroid dienone is 1. The number of para-hydroxylation sites is 1. The maximum atomic E-state index is 14.1. The predicted molar refractivity (Wildman–Crippen MR) is 162 cm³/mol. The molecule has 3 heterocycles. The Morgan fingerprint density at radius 1 is 1.09 bits per heavy atom. The number of nitrogens with zero attached hydrogens (tertiary/aromatic N) is 2. The van der Waals surface area contributed by atoms with Crippen LogP contribution in [0.3, 0.4) is 0 Å². The van der Waals surface area contributed by atoms with Crippen molar-refractivity contribution >= 4 is 29.4 Å². The zero-order valence-corrected chi connectivity index (χ0v) is 25.3. The second-order valence-electron chi connectivity index (χ2n) is 9.61. The highest BCUT2D eigenvalue weighted by Crippen LogP contribution is 2.40. The number of carboxylic acid groups (broad SMARTS) is 1. The molecule has 1 aliphatic rings. The third kappa shape index (κ3) is 5.94. The molecule has 2 aromatic heterocycles. The maximum absolute atomic E-state index is 14.1. The number of thiazole rings is 1. The molecule has 0 saturated heterocycles. The van der Waals surface area contributed by atoms with E-state index in [4.69, 9.17) is 28.5 Å². The number of fused-ring (bicyclic) bond motifs is 1. The molecule has 1 N–H and O–H groups in total. The lowest BCUT2D eigenvalue weighted by atomic mass is 9.94. The van der Waals surface area contributed by atoms with E-state index < -0.39 is 18.0 Å². The van der Waals surface area contributed by atoms with Gasteiger partial charge in [-0.15, -0.1) is 0 Å². The molecule has 11 nitrogen and oxygen atoms in total. The van der Waals surface area contributed by atoms with Crippen LogP contribution in [0.25, 0.3) is 17.4 Å². The number of methoxy groups -OCH3 is 2. The zero-order valence-electron chi connectivity index (χ0n) is 24.5. The summed E-state index contributed by atoms with van der Waals surface area (Å²) in [5, 5.41) is 9.17. The largest absolute Gasteiger partial charge is 0.493 e. The molecule has 0 unspecified atom stereocenters. The number of rotatable bonds is 11. The van der Waals surface area contributed by atoms with Crippen LogP contribution < -0.4 is 24.4 Å². The number of carbonyl (C=O) groups is 2. The molecule has 0 saturated carbocycles. The van der Waals surface area contributed by atoms with Crippen LogP contribution in [0.4, 0.5) is 0 Å². The van der Waals surface area contributed by atoms with Gasteiger partial charge in [-0.3, -0.25) is 9.36 Å². The van der Waals surface area contributed by atoms with Gasteiger partial charge in [0.25, 0.3) is 5.56 Å². The van der Waals surface area contributed by atoms with Gasteiger partial charge < -0.3 is 28.5 Å². The normalized spacial score (nSPS) is 14.6. The molecule has 0 radical (unpaired) electrons. The van der Waals surface area contributed by atoms with E-state index in [2.05, 4.69) is 4.99 Å². The van der Waals surface area contributed by atoms with E-state index in [1.54, 1.807) is 55.5 Å². The van der Waals surface area contributed by atoms with E-state index in [-0.39, 0.29) is 29.9 Å². The average Bonchev–Trinajstić information content (AvgIpc) is 3.61. The van der Waals surface area contributed by atoms with E-state index in [9.17, 15) is 14.4 Å². The molecule has 1 atom stereocenters. The summed E-state index contributed by atoms with van der Waals surface area (Å²) in [5.41, 5.74) is 1.60. The Kier molecular flexibility index (Phi) is 9.12. The van der Waals surface area contributed by atoms with Crippen molar-refractivity contribution in [3.8, 4) is 22.8 Å². The van der Waals surface area contributed by atoms with Crippen LogP contribution in [0.5, 0.6) is 11.5 Å².